The third kappa shape index (κ3) is 7.49. The number of fused-ring (bicyclic) bond motifs is 1. The van der Waals surface area contributed by atoms with Gasteiger partial charge in [-0.2, -0.15) is 39.5 Å². The molecule has 0 aliphatic carbocycles. The second kappa shape index (κ2) is 11.7. The summed E-state index contributed by atoms with van der Waals surface area (Å²) in [6.07, 6.45) is -15.0. The third-order valence-corrected chi connectivity index (χ3v) is 6.48. The lowest BCUT2D eigenvalue weighted by atomic mass is 9.93. The van der Waals surface area contributed by atoms with Gasteiger partial charge in [-0.25, -0.2) is 11.0 Å². The van der Waals surface area contributed by atoms with Crippen LogP contribution in [0.1, 0.15) is 27.8 Å². The molecule has 0 unspecified atom stereocenters. The summed E-state index contributed by atoms with van der Waals surface area (Å²) in [6.45, 7) is -1.16. The molecule has 14 heteroatoms. The lowest BCUT2D eigenvalue weighted by Crippen LogP contribution is -2.39. The Morgan fingerprint density at radius 2 is 1.26 bits per heavy atom. The Morgan fingerprint density at radius 1 is 0.674 bits per heavy atom. The van der Waals surface area contributed by atoms with Gasteiger partial charge in [-0.15, -0.1) is 5.10 Å². The number of hydrogen-bond donors (Lipinski definition) is 2. The first-order chi connectivity index (χ1) is 19.9. The van der Waals surface area contributed by atoms with Gasteiger partial charge in [-0.05, 0) is 63.4 Å². The SMILES string of the molecule is CN(N)/N=C(\N)N(Cc1cc(C(F)(F)F)cc(C(F)(F)F)c1)Cc1cc(C(F)(F)F)ccc1-c1cccc2ccccc12. The fourth-order valence-electron chi connectivity index (χ4n) is 4.60. The van der Waals surface area contributed by atoms with Crippen molar-refractivity contribution in [1.82, 2.24) is 10.0 Å². The average molecular weight is 614 g/mol. The lowest BCUT2D eigenvalue weighted by molar-refractivity contribution is -0.143. The standard InChI is InChI=1S/C29H24F9N5/c1-42(40)41-26(39)43(15-17-11-21(28(33,34)35)14-22(12-17)29(36,37)38)16-19-13-20(27(30,31)32)9-10-24(19)25-8-4-6-18-5-2-3-7-23(18)25/h2-14H,15-16,40H2,1H3,(H2,39,41). The van der Waals surface area contributed by atoms with Crippen LogP contribution >= 0.6 is 0 Å². The van der Waals surface area contributed by atoms with E-state index >= 15 is 0 Å². The Bertz CT molecular complexity index is 1600. The van der Waals surface area contributed by atoms with Crippen molar-refractivity contribution in [3.8, 4) is 11.1 Å². The number of rotatable bonds is 6. The Labute approximate surface area is 239 Å². The summed E-state index contributed by atoms with van der Waals surface area (Å²) in [6, 6.07) is 16.3. The van der Waals surface area contributed by atoms with Crippen LogP contribution < -0.4 is 11.6 Å². The first-order valence-corrected chi connectivity index (χ1v) is 12.5. The maximum Gasteiger partial charge on any atom is 0.416 e. The molecule has 0 saturated heterocycles. The van der Waals surface area contributed by atoms with E-state index in [0.29, 0.717) is 28.6 Å². The van der Waals surface area contributed by atoms with Gasteiger partial charge in [-0.3, -0.25) is 0 Å². The zero-order valence-electron chi connectivity index (χ0n) is 22.3. The minimum absolute atomic E-state index is 0.0234. The molecule has 0 bridgehead atoms. The van der Waals surface area contributed by atoms with Crippen molar-refractivity contribution in [3.05, 3.63) is 107 Å². The molecule has 5 nitrogen and oxygen atoms in total. The smallest absolute Gasteiger partial charge is 0.368 e. The summed E-state index contributed by atoms with van der Waals surface area (Å²) < 4.78 is 122. The molecule has 0 radical (unpaired) electrons. The third-order valence-electron chi connectivity index (χ3n) is 6.48. The van der Waals surface area contributed by atoms with Crippen LogP contribution in [-0.2, 0) is 31.6 Å². The molecule has 4 aromatic carbocycles. The molecule has 0 atom stereocenters. The predicted octanol–water partition coefficient (Wildman–Crippen LogP) is 7.60. The fourth-order valence-corrected chi connectivity index (χ4v) is 4.60. The highest BCUT2D eigenvalue weighted by molar-refractivity contribution is 5.97. The minimum atomic E-state index is -5.11. The van der Waals surface area contributed by atoms with Crippen LogP contribution in [0, 0.1) is 0 Å². The van der Waals surface area contributed by atoms with Crippen molar-refractivity contribution in [2.75, 3.05) is 7.05 Å². The molecule has 0 fully saturated rings. The molecule has 0 heterocycles. The maximum atomic E-state index is 13.8. The number of guanidine groups is 1. The summed E-state index contributed by atoms with van der Waals surface area (Å²) in [7, 11) is 1.25. The Morgan fingerprint density at radius 3 is 1.84 bits per heavy atom. The van der Waals surface area contributed by atoms with Gasteiger partial charge < -0.3 is 10.6 Å². The summed E-state index contributed by atoms with van der Waals surface area (Å²) in [4.78, 5) is 1.04. The molecule has 0 aliphatic rings. The number of nitrogens with two attached hydrogens (primary N) is 2. The number of nitrogens with zero attached hydrogens (tertiary/aromatic N) is 3. The fraction of sp³-hybridized carbons (Fsp3) is 0.207. The van der Waals surface area contributed by atoms with E-state index in [1.54, 1.807) is 30.3 Å². The van der Waals surface area contributed by atoms with E-state index in [2.05, 4.69) is 5.10 Å². The van der Waals surface area contributed by atoms with Crippen molar-refractivity contribution in [2.24, 2.45) is 16.7 Å². The van der Waals surface area contributed by atoms with Crippen molar-refractivity contribution < 1.29 is 39.5 Å². The normalized spacial score (nSPS) is 13.0. The zero-order valence-corrected chi connectivity index (χ0v) is 22.3. The molecule has 0 spiro atoms. The largest absolute Gasteiger partial charge is 0.416 e. The minimum Gasteiger partial charge on any atom is -0.368 e. The second-order valence-corrected chi connectivity index (χ2v) is 9.70. The topological polar surface area (TPSA) is 70.9 Å². The van der Waals surface area contributed by atoms with E-state index in [1.165, 1.54) is 13.1 Å². The Balaban J connectivity index is 1.89. The van der Waals surface area contributed by atoms with Crippen LogP contribution in [0.15, 0.2) is 84.0 Å². The molecular formula is C29H24F9N5. The molecule has 0 aromatic heterocycles. The Kier molecular flexibility index (Phi) is 8.54. The predicted molar refractivity (Wildman–Crippen MR) is 144 cm³/mol. The number of halogens is 9. The number of hydrogen-bond acceptors (Lipinski definition) is 3. The van der Waals surface area contributed by atoms with Crippen LogP contribution in [0.3, 0.4) is 0 Å². The van der Waals surface area contributed by atoms with Crippen LogP contribution in [0.5, 0.6) is 0 Å². The summed E-state index contributed by atoms with van der Waals surface area (Å²) in [5.41, 5.74) is 2.38. The number of hydrazine groups is 1. The van der Waals surface area contributed by atoms with E-state index < -0.39 is 59.8 Å². The maximum absolute atomic E-state index is 13.8. The van der Waals surface area contributed by atoms with Crippen molar-refractivity contribution in [2.45, 2.75) is 31.6 Å². The molecule has 0 aliphatic heterocycles. The molecule has 4 rings (SSSR count). The monoisotopic (exact) mass is 613 g/mol. The van der Waals surface area contributed by atoms with E-state index in [4.69, 9.17) is 11.6 Å². The molecule has 43 heavy (non-hydrogen) atoms. The van der Waals surface area contributed by atoms with Crippen LogP contribution in [0.2, 0.25) is 0 Å². The van der Waals surface area contributed by atoms with Crippen molar-refractivity contribution in [3.63, 3.8) is 0 Å². The highest BCUT2D eigenvalue weighted by atomic mass is 19.4. The van der Waals surface area contributed by atoms with Gasteiger partial charge in [0.05, 0.1) is 16.7 Å². The van der Waals surface area contributed by atoms with Gasteiger partial charge in [0.25, 0.3) is 0 Å². The van der Waals surface area contributed by atoms with Gasteiger partial charge in [0.1, 0.15) is 0 Å². The molecule has 228 valence electrons. The van der Waals surface area contributed by atoms with Gasteiger partial charge in [0, 0.05) is 20.1 Å². The van der Waals surface area contributed by atoms with Gasteiger partial charge in [0.2, 0.25) is 5.96 Å². The summed E-state index contributed by atoms with van der Waals surface area (Å²) in [5.74, 6) is 5.08. The highest BCUT2D eigenvalue weighted by Gasteiger charge is 2.37. The van der Waals surface area contributed by atoms with Crippen LogP contribution in [0.4, 0.5) is 39.5 Å². The average Bonchev–Trinajstić information content (AvgIpc) is 2.90. The number of hydrazone groups is 1. The number of alkyl halides is 9. The summed E-state index contributed by atoms with van der Waals surface area (Å²) in [5, 5.41) is 6.04. The van der Waals surface area contributed by atoms with Crippen LogP contribution in [0.25, 0.3) is 21.9 Å². The molecule has 4 aromatic rings. The quantitative estimate of drug-likeness (QED) is 0.0773. The van der Waals surface area contributed by atoms with Crippen molar-refractivity contribution >= 4 is 16.7 Å². The molecule has 4 N–H and O–H groups in total. The first-order valence-electron chi connectivity index (χ1n) is 12.5. The van der Waals surface area contributed by atoms with Crippen LogP contribution in [-0.4, -0.2) is 23.0 Å². The van der Waals surface area contributed by atoms with E-state index in [-0.39, 0.29) is 11.6 Å². The zero-order chi connectivity index (χ0) is 31.7. The molecule has 0 amide bonds. The lowest BCUT2D eigenvalue weighted by Gasteiger charge is -2.27. The molecular weight excluding hydrogens is 589 g/mol. The highest BCUT2D eigenvalue weighted by Crippen LogP contribution is 2.38. The van der Waals surface area contributed by atoms with Gasteiger partial charge in [0.15, 0.2) is 0 Å². The number of benzene rings is 4. The van der Waals surface area contributed by atoms with Gasteiger partial charge >= 0.3 is 18.5 Å². The van der Waals surface area contributed by atoms with E-state index in [9.17, 15) is 39.5 Å². The van der Waals surface area contributed by atoms with E-state index in [0.717, 1.165) is 27.5 Å². The van der Waals surface area contributed by atoms with Crippen molar-refractivity contribution in [1.29, 1.82) is 0 Å². The first kappa shape index (κ1) is 31.5. The Hall–Kier alpha value is -4.46. The molecule has 0 saturated carbocycles. The van der Waals surface area contributed by atoms with Gasteiger partial charge in [-0.1, -0.05) is 48.5 Å². The second-order valence-electron chi connectivity index (χ2n) is 9.70. The summed E-state index contributed by atoms with van der Waals surface area (Å²) >= 11 is 0. The van der Waals surface area contributed by atoms with E-state index in [1.807, 2.05) is 12.1 Å².